The highest BCUT2D eigenvalue weighted by Gasteiger charge is 2.20. The highest BCUT2D eigenvalue weighted by molar-refractivity contribution is 5.30. The lowest BCUT2D eigenvalue weighted by atomic mass is 9.95. The van der Waals surface area contributed by atoms with Crippen LogP contribution in [-0.4, -0.2) is 13.2 Å². The monoisotopic (exact) mass is 225 g/mol. The van der Waals surface area contributed by atoms with Gasteiger partial charge < -0.3 is 10.5 Å². The summed E-state index contributed by atoms with van der Waals surface area (Å²) < 4.78 is 18.5. The molecule has 0 aromatic heterocycles. The van der Waals surface area contributed by atoms with Gasteiger partial charge >= 0.3 is 0 Å². The van der Waals surface area contributed by atoms with Crippen molar-refractivity contribution in [1.29, 1.82) is 0 Å². The summed E-state index contributed by atoms with van der Waals surface area (Å²) in [6.45, 7) is 4.02. The minimum absolute atomic E-state index is 0.0505. The van der Waals surface area contributed by atoms with Gasteiger partial charge in [0, 0.05) is 7.11 Å². The third kappa shape index (κ3) is 3.03. The van der Waals surface area contributed by atoms with E-state index in [1.165, 1.54) is 12.1 Å². The van der Waals surface area contributed by atoms with Crippen molar-refractivity contribution in [3.05, 3.63) is 35.1 Å². The SMILES string of the molecule is CCCC(OC)C(N)c1cc(F)ccc1C. The van der Waals surface area contributed by atoms with Gasteiger partial charge in [0.2, 0.25) is 0 Å². The first kappa shape index (κ1) is 13.1. The fourth-order valence-electron chi connectivity index (χ4n) is 1.90. The van der Waals surface area contributed by atoms with Gasteiger partial charge in [0.15, 0.2) is 0 Å². The van der Waals surface area contributed by atoms with E-state index in [0.29, 0.717) is 0 Å². The van der Waals surface area contributed by atoms with Crippen molar-refractivity contribution in [3.8, 4) is 0 Å². The number of hydrogen-bond donors (Lipinski definition) is 1. The number of methoxy groups -OCH3 is 1. The van der Waals surface area contributed by atoms with Crippen LogP contribution in [0.25, 0.3) is 0 Å². The van der Waals surface area contributed by atoms with Gasteiger partial charge in [-0.1, -0.05) is 19.4 Å². The number of hydrogen-bond acceptors (Lipinski definition) is 2. The van der Waals surface area contributed by atoms with E-state index in [-0.39, 0.29) is 18.0 Å². The molecule has 0 spiro atoms. The standard InChI is InChI=1S/C13H20FNO/c1-4-5-12(16-3)13(15)11-8-10(14)7-6-9(11)2/h6-8,12-13H,4-5,15H2,1-3H3. The Morgan fingerprint density at radius 3 is 2.69 bits per heavy atom. The van der Waals surface area contributed by atoms with Gasteiger partial charge in [-0.05, 0) is 36.6 Å². The van der Waals surface area contributed by atoms with E-state index in [4.69, 9.17) is 10.5 Å². The maximum atomic E-state index is 13.2. The molecule has 0 aliphatic heterocycles. The van der Waals surface area contributed by atoms with Crippen molar-refractivity contribution in [1.82, 2.24) is 0 Å². The van der Waals surface area contributed by atoms with Crippen LogP contribution in [0.15, 0.2) is 18.2 Å². The van der Waals surface area contributed by atoms with Gasteiger partial charge in [-0.25, -0.2) is 4.39 Å². The maximum Gasteiger partial charge on any atom is 0.123 e. The quantitative estimate of drug-likeness (QED) is 0.836. The summed E-state index contributed by atoms with van der Waals surface area (Å²) in [5, 5.41) is 0. The van der Waals surface area contributed by atoms with E-state index >= 15 is 0 Å². The van der Waals surface area contributed by atoms with E-state index in [1.54, 1.807) is 13.2 Å². The lowest BCUT2D eigenvalue weighted by Crippen LogP contribution is -2.28. The summed E-state index contributed by atoms with van der Waals surface area (Å²) in [5.74, 6) is -0.248. The summed E-state index contributed by atoms with van der Waals surface area (Å²) in [4.78, 5) is 0. The molecule has 0 aliphatic carbocycles. The number of halogens is 1. The molecule has 90 valence electrons. The summed E-state index contributed by atoms with van der Waals surface area (Å²) in [6.07, 6.45) is 1.83. The number of nitrogens with two attached hydrogens (primary N) is 1. The molecule has 0 amide bonds. The summed E-state index contributed by atoms with van der Waals surface area (Å²) in [5.41, 5.74) is 7.95. The molecule has 1 aromatic carbocycles. The number of ether oxygens (including phenoxy) is 1. The molecule has 2 nitrogen and oxygen atoms in total. The lowest BCUT2D eigenvalue weighted by molar-refractivity contribution is 0.0723. The second-order valence-corrected chi connectivity index (χ2v) is 4.09. The van der Waals surface area contributed by atoms with Gasteiger partial charge in [0.1, 0.15) is 5.82 Å². The molecule has 2 atom stereocenters. The summed E-state index contributed by atoms with van der Waals surface area (Å²) in [6, 6.07) is 4.44. The lowest BCUT2D eigenvalue weighted by Gasteiger charge is -2.23. The van der Waals surface area contributed by atoms with Crippen LogP contribution in [0.1, 0.15) is 36.9 Å². The molecule has 3 heteroatoms. The van der Waals surface area contributed by atoms with Crippen LogP contribution in [0.4, 0.5) is 4.39 Å². The van der Waals surface area contributed by atoms with E-state index in [2.05, 4.69) is 6.92 Å². The maximum absolute atomic E-state index is 13.2. The Balaban J connectivity index is 2.93. The van der Waals surface area contributed by atoms with Crippen LogP contribution in [0.2, 0.25) is 0 Å². The van der Waals surface area contributed by atoms with Gasteiger partial charge in [-0.3, -0.25) is 0 Å². The molecule has 16 heavy (non-hydrogen) atoms. The van der Waals surface area contributed by atoms with Crippen molar-refractivity contribution in [2.75, 3.05) is 7.11 Å². The molecule has 1 rings (SSSR count). The number of rotatable bonds is 5. The third-order valence-corrected chi connectivity index (χ3v) is 2.88. The van der Waals surface area contributed by atoms with Crippen molar-refractivity contribution in [3.63, 3.8) is 0 Å². The fraction of sp³-hybridized carbons (Fsp3) is 0.538. The topological polar surface area (TPSA) is 35.2 Å². The molecule has 0 bridgehead atoms. The zero-order valence-electron chi connectivity index (χ0n) is 10.2. The third-order valence-electron chi connectivity index (χ3n) is 2.88. The predicted molar refractivity (Wildman–Crippen MR) is 63.8 cm³/mol. The molecule has 0 saturated heterocycles. The smallest absolute Gasteiger partial charge is 0.123 e. The molecular weight excluding hydrogens is 205 g/mol. The Hall–Kier alpha value is -0.930. The Bertz CT molecular complexity index is 341. The van der Waals surface area contributed by atoms with E-state index in [1.807, 2.05) is 6.92 Å². The van der Waals surface area contributed by atoms with Crippen LogP contribution in [0.5, 0.6) is 0 Å². The Morgan fingerprint density at radius 1 is 1.44 bits per heavy atom. The largest absolute Gasteiger partial charge is 0.379 e. The Kier molecular flexibility index (Phi) is 4.90. The molecule has 2 N–H and O–H groups in total. The second kappa shape index (κ2) is 5.97. The Labute approximate surface area is 96.6 Å². The molecule has 1 aromatic rings. The Morgan fingerprint density at radius 2 is 2.12 bits per heavy atom. The first-order valence-corrected chi connectivity index (χ1v) is 5.64. The van der Waals surface area contributed by atoms with Crippen LogP contribution in [-0.2, 0) is 4.74 Å². The van der Waals surface area contributed by atoms with Crippen molar-refractivity contribution in [2.24, 2.45) is 5.73 Å². The first-order valence-electron chi connectivity index (χ1n) is 5.64. The van der Waals surface area contributed by atoms with Crippen molar-refractivity contribution < 1.29 is 9.13 Å². The van der Waals surface area contributed by atoms with Gasteiger partial charge in [0.25, 0.3) is 0 Å². The molecule has 0 fully saturated rings. The van der Waals surface area contributed by atoms with Gasteiger partial charge in [-0.15, -0.1) is 0 Å². The van der Waals surface area contributed by atoms with Crippen LogP contribution in [0, 0.1) is 12.7 Å². The average molecular weight is 225 g/mol. The minimum atomic E-state index is -0.263. The summed E-state index contributed by atoms with van der Waals surface area (Å²) >= 11 is 0. The van der Waals surface area contributed by atoms with Crippen LogP contribution < -0.4 is 5.73 Å². The van der Waals surface area contributed by atoms with Crippen molar-refractivity contribution >= 4 is 0 Å². The highest BCUT2D eigenvalue weighted by atomic mass is 19.1. The van der Waals surface area contributed by atoms with E-state index < -0.39 is 0 Å². The summed E-state index contributed by atoms with van der Waals surface area (Å²) in [7, 11) is 1.65. The van der Waals surface area contributed by atoms with Crippen LogP contribution in [0.3, 0.4) is 0 Å². The predicted octanol–water partition coefficient (Wildman–Crippen LogP) is 2.95. The number of benzene rings is 1. The molecule has 0 heterocycles. The molecule has 0 aliphatic rings. The van der Waals surface area contributed by atoms with Gasteiger partial charge in [-0.2, -0.15) is 0 Å². The minimum Gasteiger partial charge on any atom is -0.379 e. The van der Waals surface area contributed by atoms with E-state index in [9.17, 15) is 4.39 Å². The highest BCUT2D eigenvalue weighted by Crippen LogP contribution is 2.23. The zero-order valence-corrected chi connectivity index (χ0v) is 10.2. The van der Waals surface area contributed by atoms with Crippen molar-refractivity contribution in [2.45, 2.75) is 38.8 Å². The molecule has 0 radical (unpaired) electrons. The molecular formula is C13H20FNO. The number of aryl methyl sites for hydroxylation is 1. The second-order valence-electron chi connectivity index (χ2n) is 4.09. The zero-order chi connectivity index (χ0) is 12.1. The molecule has 2 unspecified atom stereocenters. The fourth-order valence-corrected chi connectivity index (χ4v) is 1.90. The average Bonchev–Trinajstić information content (AvgIpc) is 2.28. The first-order chi connectivity index (χ1) is 7.60. The van der Waals surface area contributed by atoms with Crippen LogP contribution >= 0.6 is 0 Å². The van der Waals surface area contributed by atoms with E-state index in [0.717, 1.165) is 24.0 Å². The molecule has 0 saturated carbocycles. The van der Waals surface area contributed by atoms with Gasteiger partial charge in [0.05, 0.1) is 12.1 Å². The normalized spacial score (nSPS) is 14.8.